The topological polar surface area (TPSA) is 49.4 Å². The van der Waals surface area contributed by atoms with Gasteiger partial charge in [-0.2, -0.15) is 0 Å². The number of benzene rings is 2. The van der Waals surface area contributed by atoms with Crippen molar-refractivity contribution in [1.29, 1.82) is 0 Å². The van der Waals surface area contributed by atoms with E-state index in [2.05, 4.69) is 5.32 Å². The van der Waals surface area contributed by atoms with Gasteiger partial charge in [-0.3, -0.25) is 9.59 Å². The van der Waals surface area contributed by atoms with Crippen LogP contribution in [0.4, 0.5) is 0 Å². The largest absolute Gasteiger partial charge is 0.352 e. The van der Waals surface area contributed by atoms with Crippen LogP contribution in [-0.2, 0) is 22.6 Å². The van der Waals surface area contributed by atoms with Crippen LogP contribution >= 0.6 is 11.6 Å². The third kappa shape index (κ3) is 6.90. The first-order chi connectivity index (χ1) is 13.8. The van der Waals surface area contributed by atoms with Crippen LogP contribution in [0.25, 0.3) is 0 Å². The van der Waals surface area contributed by atoms with E-state index in [0.717, 1.165) is 23.1 Å². The van der Waals surface area contributed by atoms with Crippen LogP contribution in [0.3, 0.4) is 0 Å². The molecule has 0 aliphatic heterocycles. The molecule has 0 heterocycles. The summed E-state index contributed by atoms with van der Waals surface area (Å²) in [5, 5.41) is 3.68. The molecule has 2 unspecified atom stereocenters. The summed E-state index contributed by atoms with van der Waals surface area (Å²) in [6.45, 7) is 8.32. The Kier molecular flexibility index (Phi) is 8.71. The number of rotatable bonds is 9. The Morgan fingerprint density at radius 1 is 1.03 bits per heavy atom. The highest BCUT2D eigenvalue weighted by Gasteiger charge is 2.29. The summed E-state index contributed by atoms with van der Waals surface area (Å²) in [4.78, 5) is 27.9. The van der Waals surface area contributed by atoms with E-state index in [4.69, 9.17) is 11.6 Å². The van der Waals surface area contributed by atoms with Gasteiger partial charge in [-0.25, -0.2) is 0 Å². The quantitative estimate of drug-likeness (QED) is 0.633. The zero-order chi connectivity index (χ0) is 21.4. The monoisotopic (exact) mass is 414 g/mol. The average molecular weight is 415 g/mol. The van der Waals surface area contributed by atoms with Crippen molar-refractivity contribution in [3.8, 4) is 0 Å². The van der Waals surface area contributed by atoms with Crippen molar-refractivity contribution in [3.63, 3.8) is 0 Å². The summed E-state index contributed by atoms with van der Waals surface area (Å²) < 4.78 is 0. The fourth-order valence-electron chi connectivity index (χ4n) is 3.25. The van der Waals surface area contributed by atoms with Crippen LogP contribution in [0.2, 0.25) is 5.02 Å². The molecule has 0 saturated carbocycles. The number of hydrogen-bond donors (Lipinski definition) is 1. The molecule has 29 heavy (non-hydrogen) atoms. The van der Waals surface area contributed by atoms with Gasteiger partial charge in [0, 0.05) is 17.6 Å². The lowest BCUT2D eigenvalue weighted by Gasteiger charge is -2.31. The van der Waals surface area contributed by atoms with Crippen molar-refractivity contribution >= 4 is 23.4 Å². The molecule has 2 aromatic carbocycles. The minimum atomic E-state index is -0.517. The van der Waals surface area contributed by atoms with Gasteiger partial charge in [-0.05, 0) is 49.9 Å². The molecule has 2 atom stereocenters. The van der Waals surface area contributed by atoms with Crippen LogP contribution in [0.15, 0.2) is 48.5 Å². The van der Waals surface area contributed by atoms with E-state index in [-0.39, 0.29) is 24.3 Å². The van der Waals surface area contributed by atoms with Gasteiger partial charge in [0.05, 0.1) is 6.42 Å². The van der Waals surface area contributed by atoms with Crippen LogP contribution in [-0.4, -0.2) is 28.8 Å². The highest BCUT2D eigenvalue weighted by molar-refractivity contribution is 6.30. The Morgan fingerprint density at radius 3 is 2.31 bits per heavy atom. The molecule has 0 aliphatic carbocycles. The number of nitrogens with one attached hydrogen (secondary N) is 1. The van der Waals surface area contributed by atoms with E-state index in [1.165, 1.54) is 0 Å². The normalized spacial score (nSPS) is 12.9. The molecule has 0 saturated heterocycles. The predicted molar refractivity (Wildman–Crippen MR) is 119 cm³/mol. The number of amides is 2. The zero-order valence-electron chi connectivity index (χ0n) is 17.7. The van der Waals surface area contributed by atoms with E-state index >= 15 is 0 Å². The maximum absolute atomic E-state index is 13.3. The van der Waals surface area contributed by atoms with Crippen molar-refractivity contribution in [3.05, 3.63) is 70.2 Å². The molecule has 0 radical (unpaired) electrons. The van der Waals surface area contributed by atoms with E-state index in [1.807, 2.05) is 64.1 Å². The standard InChI is InChI=1S/C24H31ClN2O2/c1-5-18(4)26-24(29)22(6-2)27(16-19-10-12-21(25)13-11-19)23(28)15-20-9-7-8-17(3)14-20/h7-14,18,22H,5-6,15-16H2,1-4H3,(H,26,29). The van der Waals surface area contributed by atoms with Crippen molar-refractivity contribution < 1.29 is 9.59 Å². The third-order valence-corrected chi connectivity index (χ3v) is 5.34. The van der Waals surface area contributed by atoms with Gasteiger partial charge in [-0.15, -0.1) is 0 Å². The number of carbonyl (C=O) groups excluding carboxylic acids is 2. The molecule has 4 nitrogen and oxygen atoms in total. The first-order valence-corrected chi connectivity index (χ1v) is 10.6. The van der Waals surface area contributed by atoms with Crippen molar-refractivity contribution in [1.82, 2.24) is 10.2 Å². The Morgan fingerprint density at radius 2 is 1.72 bits per heavy atom. The van der Waals surface area contributed by atoms with E-state index in [1.54, 1.807) is 17.0 Å². The number of hydrogen-bond acceptors (Lipinski definition) is 2. The van der Waals surface area contributed by atoms with Gasteiger partial charge in [0.15, 0.2) is 0 Å². The molecular weight excluding hydrogens is 384 g/mol. The lowest BCUT2D eigenvalue weighted by molar-refractivity contribution is -0.141. The van der Waals surface area contributed by atoms with E-state index in [0.29, 0.717) is 18.0 Å². The van der Waals surface area contributed by atoms with Gasteiger partial charge in [0.1, 0.15) is 6.04 Å². The zero-order valence-corrected chi connectivity index (χ0v) is 18.5. The highest BCUT2D eigenvalue weighted by atomic mass is 35.5. The second-order valence-electron chi connectivity index (χ2n) is 7.56. The van der Waals surface area contributed by atoms with Gasteiger partial charge < -0.3 is 10.2 Å². The van der Waals surface area contributed by atoms with Crippen LogP contribution < -0.4 is 5.32 Å². The van der Waals surface area contributed by atoms with Gasteiger partial charge in [-0.1, -0.05) is 67.4 Å². The molecule has 2 amide bonds. The summed E-state index contributed by atoms with van der Waals surface area (Å²) in [5.74, 6) is -0.162. The Bertz CT molecular complexity index is 820. The van der Waals surface area contributed by atoms with E-state index in [9.17, 15) is 9.59 Å². The minimum Gasteiger partial charge on any atom is -0.352 e. The molecule has 5 heteroatoms. The average Bonchev–Trinajstić information content (AvgIpc) is 2.69. The molecule has 0 aromatic heterocycles. The number of carbonyl (C=O) groups is 2. The number of nitrogens with zero attached hydrogens (tertiary/aromatic N) is 1. The Hall–Kier alpha value is -2.33. The second kappa shape index (κ2) is 11.0. The molecule has 0 aliphatic rings. The van der Waals surface area contributed by atoms with Gasteiger partial charge in [0.2, 0.25) is 11.8 Å². The molecule has 1 N–H and O–H groups in total. The van der Waals surface area contributed by atoms with Crippen LogP contribution in [0, 0.1) is 6.92 Å². The van der Waals surface area contributed by atoms with Crippen LogP contribution in [0.1, 0.15) is 50.3 Å². The lowest BCUT2D eigenvalue weighted by atomic mass is 10.0. The molecule has 2 rings (SSSR count). The first-order valence-electron chi connectivity index (χ1n) is 10.2. The number of aryl methyl sites for hydroxylation is 1. The lowest BCUT2D eigenvalue weighted by Crippen LogP contribution is -2.51. The van der Waals surface area contributed by atoms with Crippen LogP contribution in [0.5, 0.6) is 0 Å². The number of halogens is 1. The molecular formula is C24H31ClN2O2. The predicted octanol–water partition coefficient (Wildman–Crippen LogP) is 4.91. The van der Waals surface area contributed by atoms with Gasteiger partial charge in [0.25, 0.3) is 0 Å². The molecule has 2 aromatic rings. The van der Waals surface area contributed by atoms with Crippen molar-refractivity contribution in [2.45, 2.75) is 65.6 Å². The minimum absolute atomic E-state index is 0.0586. The Labute approximate surface area is 179 Å². The van der Waals surface area contributed by atoms with Crippen molar-refractivity contribution in [2.24, 2.45) is 0 Å². The van der Waals surface area contributed by atoms with E-state index < -0.39 is 6.04 Å². The summed E-state index contributed by atoms with van der Waals surface area (Å²) in [6, 6.07) is 14.9. The fourth-order valence-corrected chi connectivity index (χ4v) is 3.37. The summed E-state index contributed by atoms with van der Waals surface area (Å²) >= 11 is 6.00. The first kappa shape index (κ1) is 23.0. The second-order valence-corrected chi connectivity index (χ2v) is 7.99. The SMILES string of the molecule is CCC(C)NC(=O)C(CC)N(Cc1ccc(Cl)cc1)C(=O)Cc1cccc(C)c1. The molecule has 156 valence electrons. The summed E-state index contributed by atoms with van der Waals surface area (Å²) in [7, 11) is 0. The smallest absolute Gasteiger partial charge is 0.243 e. The summed E-state index contributed by atoms with van der Waals surface area (Å²) in [6.07, 6.45) is 1.66. The maximum Gasteiger partial charge on any atom is 0.243 e. The fraction of sp³-hybridized carbons (Fsp3) is 0.417. The summed E-state index contributed by atoms with van der Waals surface area (Å²) in [5.41, 5.74) is 3.01. The Balaban J connectivity index is 2.28. The highest BCUT2D eigenvalue weighted by Crippen LogP contribution is 2.17. The molecule has 0 spiro atoms. The molecule has 0 bridgehead atoms. The molecule has 0 fully saturated rings. The maximum atomic E-state index is 13.3. The third-order valence-electron chi connectivity index (χ3n) is 5.09. The van der Waals surface area contributed by atoms with Crippen molar-refractivity contribution in [2.75, 3.05) is 0 Å². The van der Waals surface area contributed by atoms with Gasteiger partial charge >= 0.3 is 0 Å².